The molecule has 0 fully saturated rings. The molecule has 0 atom stereocenters. The van der Waals surface area contributed by atoms with Gasteiger partial charge in [-0.15, -0.1) is 10.2 Å². The van der Waals surface area contributed by atoms with Crippen LogP contribution >= 0.6 is 23.4 Å². The fraction of sp³-hybridized carbons (Fsp3) is 0.250. The van der Waals surface area contributed by atoms with Crippen molar-refractivity contribution < 1.29 is 4.79 Å². The molecule has 1 heterocycles. The quantitative estimate of drug-likeness (QED) is 0.878. The highest BCUT2D eigenvalue weighted by molar-refractivity contribution is 7.99. The van der Waals surface area contributed by atoms with Crippen molar-refractivity contribution >= 4 is 29.3 Å². The average molecular weight is 297 g/mol. The molecule has 0 radical (unpaired) electrons. The van der Waals surface area contributed by atoms with Gasteiger partial charge in [0.15, 0.2) is 5.16 Å². The molecule has 7 heteroatoms. The normalized spacial score (nSPS) is 10.5. The van der Waals surface area contributed by atoms with Crippen LogP contribution in [-0.4, -0.2) is 33.5 Å². The number of rotatable bonds is 4. The Labute approximate surface area is 120 Å². The van der Waals surface area contributed by atoms with Crippen molar-refractivity contribution in [3.63, 3.8) is 0 Å². The Morgan fingerprint density at radius 2 is 2.32 bits per heavy atom. The van der Waals surface area contributed by atoms with Crippen molar-refractivity contribution in [2.24, 2.45) is 0 Å². The Morgan fingerprint density at radius 3 is 3.00 bits per heavy atom. The number of nitrogens with one attached hydrogen (secondary N) is 1. The first-order chi connectivity index (χ1) is 9.11. The third kappa shape index (κ3) is 3.27. The first kappa shape index (κ1) is 13.9. The molecule has 19 heavy (non-hydrogen) atoms. The number of hydrogen-bond donors (Lipinski definition) is 1. The number of thioether (sulfide) groups is 1. The SMILES string of the molecule is CNC(=O)CSc1nncn1-c1ccc(C)c(Cl)c1. The zero-order valence-electron chi connectivity index (χ0n) is 10.6. The highest BCUT2D eigenvalue weighted by Gasteiger charge is 2.10. The van der Waals surface area contributed by atoms with E-state index in [2.05, 4.69) is 15.5 Å². The maximum Gasteiger partial charge on any atom is 0.230 e. The van der Waals surface area contributed by atoms with Gasteiger partial charge >= 0.3 is 0 Å². The molecule has 0 aliphatic carbocycles. The average Bonchev–Trinajstić information content (AvgIpc) is 2.87. The Morgan fingerprint density at radius 1 is 1.53 bits per heavy atom. The molecule has 0 saturated heterocycles. The number of halogens is 1. The van der Waals surface area contributed by atoms with Gasteiger partial charge in [-0.2, -0.15) is 0 Å². The number of nitrogens with zero attached hydrogens (tertiary/aromatic N) is 3. The van der Waals surface area contributed by atoms with Crippen LogP contribution in [-0.2, 0) is 4.79 Å². The van der Waals surface area contributed by atoms with E-state index >= 15 is 0 Å². The first-order valence-electron chi connectivity index (χ1n) is 5.61. The Kier molecular flexibility index (Phi) is 4.44. The van der Waals surface area contributed by atoms with E-state index < -0.39 is 0 Å². The molecular weight excluding hydrogens is 284 g/mol. The van der Waals surface area contributed by atoms with Crippen LogP contribution < -0.4 is 5.32 Å². The van der Waals surface area contributed by atoms with Gasteiger partial charge in [0.05, 0.1) is 11.4 Å². The van der Waals surface area contributed by atoms with Gasteiger partial charge in [-0.1, -0.05) is 29.4 Å². The predicted octanol–water partition coefficient (Wildman–Crippen LogP) is 2.07. The van der Waals surface area contributed by atoms with E-state index in [4.69, 9.17) is 11.6 Å². The number of aromatic nitrogens is 3. The van der Waals surface area contributed by atoms with Crippen LogP contribution in [0.5, 0.6) is 0 Å². The first-order valence-corrected chi connectivity index (χ1v) is 6.98. The van der Waals surface area contributed by atoms with Crippen LogP contribution in [0, 0.1) is 6.92 Å². The van der Waals surface area contributed by atoms with Gasteiger partial charge in [0.2, 0.25) is 5.91 Å². The summed E-state index contributed by atoms with van der Waals surface area (Å²) in [5, 5.41) is 11.8. The molecule has 2 aromatic rings. The summed E-state index contributed by atoms with van der Waals surface area (Å²) in [5.74, 6) is 0.246. The molecule has 2 rings (SSSR count). The lowest BCUT2D eigenvalue weighted by Gasteiger charge is -2.07. The van der Waals surface area contributed by atoms with Gasteiger partial charge in [0.1, 0.15) is 6.33 Å². The number of benzene rings is 1. The second-order valence-electron chi connectivity index (χ2n) is 3.88. The van der Waals surface area contributed by atoms with Crippen molar-refractivity contribution in [3.05, 3.63) is 35.1 Å². The summed E-state index contributed by atoms with van der Waals surface area (Å²) in [6.45, 7) is 1.94. The zero-order valence-corrected chi connectivity index (χ0v) is 12.1. The van der Waals surface area contributed by atoms with Crippen LogP contribution in [0.4, 0.5) is 0 Å². The van der Waals surface area contributed by atoms with E-state index in [-0.39, 0.29) is 5.91 Å². The number of aryl methyl sites for hydroxylation is 1. The molecule has 0 saturated carbocycles. The van der Waals surface area contributed by atoms with Gasteiger partial charge in [0, 0.05) is 12.1 Å². The summed E-state index contributed by atoms with van der Waals surface area (Å²) in [6, 6.07) is 5.73. The number of hydrogen-bond acceptors (Lipinski definition) is 4. The number of carbonyl (C=O) groups excluding carboxylic acids is 1. The monoisotopic (exact) mass is 296 g/mol. The van der Waals surface area contributed by atoms with Gasteiger partial charge in [-0.3, -0.25) is 9.36 Å². The minimum Gasteiger partial charge on any atom is -0.358 e. The molecule has 5 nitrogen and oxygen atoms in total. The lowest BCUT2D eigenvalue weighted by Crippen LogP contribution is -2.20. The third-order valence-electron chi connectivity index (χ3n) is 2.56. The molecule has 0 unspecified atom stereocenters. The summed E-state index contributed by atoms with van der Waals surface area (Å²) in [5.41, 5.74) is 1.89. The molecular formula is C12H13ClN4OS. The van der Waals surface area contributed by atoms with Crippen LogP contribution in [0.15, 0.2) is 29.7 Å². The Hall–Kier alpha value is -1.53. The van der Waals surface area contributed by atoms with Crippen LogP contribution in [0.2, 0.25) is 5.02 Å². The molecule has 0 bridgehead atoms. The topological polar surface area (TPSA) is 59.8 Å². The maximum atomic E-state index is 11.2. The van der Waals surface area contributed by atoms with Crippen molar-refractivity contribution in [1.82, 2.24) is 20.1 Å². The summed E-state index contributed by atoms with van der Waals surface area (Å²) >= 11 is 7.43. The number of carbonyl (C=O) groups is 1. The molecule has 0 spiro atoms. The highest BCUT2D eigenvalue weighted by atomic mass is 35.5. The van der Waals surface area contributed by atoms with E-state index in [9.17, 15) is 4.79 Å². The van der Waals surface area contributed by atoms with E-state index in [0.29, 0.717) is 15.9 Å². The van der Waals surface area contributed by atoms with Crippen molar-refractivity contribution in [2.75, 3.05) is 12.8 Å². The Bertz CT molecular complexity index is 599. The summed E-state index contributed by atoms with van der Waals surface area (Å²) in [7, 11) is 1.60. The lowest BCUT2D eigenvalue weighted by molar-refractivity contribution is -0.118. The van der Waals surface area contributed by atoms with Gasteiger partial charge in [-0.05, 0) is 24.6 Å². The fourth-order valence-electron chi connectivity index (χ4n) is 1.43. The van der Waals surface area contributed by atoms with E-state index in [0.717, 1.165) is 11.3 Å². The second-order valence-corrected chi connectivity index (χ2v) is 5.23. The lowest BCUT2D eigenvalue weighted by atomic mass is 10.2. The summed E-state index contributed by atoms with van der Waals surface area (Å²) < 4.78 is 1.80. The van der Waals surface area contributed by atoms with Crippen LogP contribution in [0.3, 0.4) is 0 Å². The van der Waals surface area contributed by atoms with Crippen LogP contribution in [0.25, 0.3) is 5.69 Å². The largest absolute Gasteiger partial charge is 0.358 e. The van der Waals surface area contributed by atoms with Gasteiger partial charge < -0.3 is 5.32 Å². The van der Waals surface area contributed by atoms with E-state index in [1.165, 1.54) is 11.8 Å². The smallest absolute Gasteiger partial charge is 0.230 e. The molecule has 1 amide bonds. The predicted molar refractivity (Wildman–Crippen MR) is 75.9 cm³/mol. The molecule has 0 aliphatic heterocycles. The molecule has 100 valence electrons. The fourth-order valence-corrected chi connectivity index (χ4v) is 2.41. The van der Waals surface area contributed by atoms with Crippen molar-refractivity contribution in [1.29, 1.82) is 0 Å². The molecule has 1 aromatic heterocycles. The summed E-state index contributed by atoms with van der Waals surface area (Å²) in [6.07, 6.45) is 1.60. The van der Waals surface area contributed by atoms with Gasteiger partial charge in [0.25, 0.3) is 0 Å². The standard InChI is InChI=1S/C12H13ClN4OS/c1-8-3-4-9(5-10(8)13)17-7-15-16-12(17)19-6-11(18)14-2/h3-5,7H,6H2,1-2H3,(H,14,18). The number of amides is 1. The van der Waals surface area contributed by atoms with E-state index in [1.807, 2.05) is 25.1 Å². The maximum absolute atomic E-state index is 11.2. The van der Waals surface area contributed by atoms with Gasteiger partial charge in [-0.25, -0.2) is 0 Å². The van der Waals surface area contributed by atoms with Crippen molar-refractivity contribution in [3.8, 4) is 5.69 Å². The Balaban J connectivity index is 2.23. The minimum absolute atomic E-state index is 0.0542. The van der Waals surface area contributed by atoms with E-state index in [1.54, 1.807) is 17.9 Å². The van der Waals surface area contributed by atoms with Crippen LogP contribution in [0.1, 0.15) is 5.56 Å². The van der Waals surface area contributed by atoms with Crippen molar-refractivity contribution in [2.45, 2.75) is 12.1 Å². The highest BCUT2D eigenvalue weighted by Crippen LogP contribution is 2.23. The summed E-state index contributed by atoms with van der Waals surface area (Å²) in [4.78, 5) is 11.2. The molecule has 1 N–H and O–H groups in total. The third-order valence-corrected chi connectivity index (χ3v) is 3.91. The molecule has 1 aromatic carbocycles. The second kappa shape index (κ2) is 6.08. The zero-order chi connectivity index (χ0) is 13.8. The molecule has 0 aliphatic rings. The minimum atomic E-state index is -0.0542.